The molecular weight excluding hydrogens is 543 g/mol. The standard InChI is InChI=1S/C31H40ClFN6O2/c1-20-15-37(25(13-34-20)16-36-9-10-41-18-21(36)2)17-28(40)38-19-31(3,4)29-26(38)12-23(30-35-14-27(32)39(29)30)11-22-5-7-24(33)8-6-22/h5-8,12,14,20-21,25,34H,9-11,13,15-19H2,1-4H3/t20-,21-,25-/m1/s1. The predicted octanol–water partition coefficient (Wildman–Crippen LogP) is 3.72. The summed E-state index contributed by atoms with van der Waals surface area (Å²) in [5, 5.41) is 4.15. The van der Waals surface area contributed by atoms with Gasteiger partial charge in [-0.2, -0.15) is 0 Å². The summed E-state index contributed by atoms with van der Waals surface area (Å²) >= 11 is 6.72. The van der Waals surface area contributed by atoms with E-state index in [2.05, 4.69) is 53.9 Å². The SMILES string of the molecule is C[C@@H]1CN(CC(=O)N2CC(C)(C)c3c2cc(Cc2ccc(F)cc2)c2ncc(Cl)n32)[C@@H](CN2CCOC[C@H]2C)CN1. The van der Waals surface area contributed by atoms with Gasteiger partial charge in [0.05, 0.1) is 37.3 Å². The van der Waals surface area contributed by atoms with Crippen molar-refractivity contribution >= 4 is 28.8 Å². The minimum Gasteiger partial charge on any atom is -0.379 e. The molecule has 10 heteroatoms. The van der Waals surface area contributed by atoms with Crippen LogP contribution in [-0.4, -0.2) is 95.7 Å². The monoisotopic (exact) mass is 582 g/mol. The maximum Gasteiger partial charge on any atom is 0.241 e. The lowest BCUT2D eigenvalue weighted by Gasteiger charge is -2.43. The fourth-order valence-electron chi connectivity index (χ4n) is 6.74. The van der Waals surface area contributed by atoms with Gasteiger partial charge in [-0.25, -0.2) is 9.37 Å². The highest BCUT2D eigenvalue weighted by Gasteiger charge is 2.42. The molecule has 5 heterocycles. The van der Waals surface area contributed by atoms with Crippen LogP contribution in [0.15, 0.2) is 36.5 Å². The molecule has 41 heavy (non-hydrogen) atoms. The number of pyridine rings is 1. The van der Waals surface area contributed by atoms with Gasteiger partial charge in [-0.05, 0) is 37.6 Å². The van der Waals surface area contributed by atoms with Crippen LogP contribution in [0.25, 0.3) is 5.65 Å². The number of aromatic nitrogens is 2. The molecule has 3 aromatic rings. The van der Waals surface area contributed by atoms with Crippen LogP contribution >= 0.6 is 11.6 Å². The lowest BCUT2D eigenvalue weighted by atomic mass is 9.90. The number of rotatable bonds is 6. The number of nitrogens with one attached hydrogen (secondary N) is 1. The van der Waals surface area contributed by atoms with E-state index in [9.17, 15) is 9.18 Å². The molecule has 3 aliphatic rings. The van der Waals surface area contributed by atoms with Crippen LogP contribution in [0.2, 0.25) is 5.15 Å². The Morgan fingerprint density at radius 2 is 2.00 bits per heavy atom. The van der Waals surface area contributed by atoms with Gasteiger partial charge in [0.1, 0.15) is 16.6 Å². The molecule has 3 aliphatic heterocycles. The van der Waals surface area contributed by atoms with Crippen LogP contribution in [0.1, 0.15) is 44.5 Å². The first kappa shape index (κ1) is 28.6. The molecule has 6 rings (SSSR count). The van der Waals surface area contributed by atoms with Crippen LogP contribution in [0.5, 0.6) is 0 Å². The van der Waals surface area contributed by atoms with Gasteiger partial charge in [0, 0.05) is 68.2 Å². The second-order valence-electron chi connectivity index (χ2n) is 12.6. The third-order valence-electron chi connectivity index (χ3n) is 8.89. The highest BCUT2D eigenvalue weighted by molar-refractivity contribution is 6.30. The molecule has 0 unspecified atom stereocenters. The van der Waals surface area contributed by atoms with Crippen molar-refractivity contribution < 1.29 is 13.9 Å². The molecule has 0 saturated carbocycles. The first-order valence-electron chi connectivity index (χ1n) is 14.6. The number of carbonyl (C=O) groups is 1. The number of fused-ring (bicyclic) bond motifs is 3. The minimum absolute atomic E-state index is 0.0919. The minimum atomic E-state index is -0.318. The van der Waals surface area contributed by atoms with Crippen molar-refractivity contribution in [2.24, 2.45) is 0 Å². The van der Waals surface area contributed by atoms with Gasteiger partial charge in [0.15, 0.2) is 0 Å². The molecule has 2 fully saturated rings. The maximum absolute atomic E-state index is 14.2. The van der Waals surface area contributed by atoms with E-state index in [1.54, 1.807) is 18.3 Å². The number of piperazine rings is 1. The molecule has 2 saturated heterocycles. The lowest BCUT2D eigenvalue weighted by molar-refractivity contribution is -0.121. The molecule has 1 aromatic carbocycles. The van der Waals surface area contributed by atoms with Crippen molar-refractivity contribution in [1.29, 1.82) is 0 Å². The van der Waals surface area contributed by atoms with Crippen molar-refractivity contribution in [3.63, 3.8) is 0 Å². The Labute approximate surface area is 246 Å². The van der Waals surface area contributed by atoms with E-state index in [4.69, 9.17) is 16.3 Å². The molecule has 0 spiro atoms. The zero-order valence-electron chi connectivity index (χ0n) is 24.4. The third kappa shape index (κ3) is 5.62. The summed E-state index contributed by atoms with van der Waals surface area (Å²) in [6, 6.07) is 9.54. The largest absolute Gasteiger partial charge is 0.379 e. The average molecular weight is 583 g/mol. The Morgan fingerprint density at radius 3 is 2.76 bits per heavy atom. The number of nitrogens with zero attached hydrogens (tertiary/aromatic N) is 5. The third-order valence-corrected chi connectivity index (χ3v) is 9.16. The quantitative estimate of drug-likeness (QED) is 0.478. The van der Waals surface area contributed by atoms with Gasteiger partial charge in [0.25, 0.3) is 0 Å². The number of ether oxygens (including phenoxy) is 1. The Bertz CT molecular complexity index is 1430. The molecule has 0 bridgehead atoms. The molecule has 0 radical (unpaired) electrons. The number of amides is 1. The fraction of sp³-hybridized carbons (Fsp3) is 0.548. The second kappa shape index (κ2) is 11.3. The van der Waals surface area contributed by atoms with Crippen LogP contribution in [0, 0.1) is 5.82 Å². The summed E-state index contributed by atoms with van der Waals surface area (Å²) in [5.74, 6) is -0.173. The molecule has 1 amide bonds. The molecule has 2 aromatic heterocycles. The summed E-state index contributed by atoms with van der Waals surface area (Å²) in [6.45, 7) is 14.6. The van der Waals surface area contributed by atoms with E-state index in [0.717, 1.165) is 67.5 Å². The summed E-state index contributed by atoms with van der Waals surface area (Å²) in [5.41, 5.74) is 4.26. The number of anilines is 1. The Balaban J connectivity index is 1.30. The summed E-state index contributed by atoms with van der Waals surface area (Å²) in [4.78, 5) is 25.6. The van der Waals surface area contributed by atoms with Crippen LogP contribution < -0.4 is 10.2 Å². The first-order valence-corrected chi connectivity index (χ1v) is 15.0. The lowest BCUT2D eigenvalue weighted by Crippen LogP contribution is -2.62. The predicted molar refractivity (Wildman–Crippen MR) is 159 cm³/mol. The van der Waals surface area contributed by atoms with Gasteiger partial charge in [0.2, 0.25) is 5.91 Å². The first-order chi connectivity index (χ1) is 19.6. The number of benzene rings is 1. The van der Waals surface area contributed by atoms with E-state index in [-0.39, 0.29) is 23.2 Å². The van der Waals surface area contributed by atoms with E-state index >= 15 is 0 Å². The highest BCUT2D eigenvalue weighted by Crippen LogP contribution is 2.43. The molecular formula is C31H40ClFN6O2. The van der Waals surface area contributed by atoms with Gasteiger partial charge >= 0.3 is 0 Å². The number of hydrogen-bond acceptors (Lipinski definition) is 6. The Kier molecular flexibility index (Phi) is 7.84. The van der Waals surface area contributed by atoms with Crippen molar-refractivity contribution in [2.75, 3.05) is 57.4 Å². The average Bonchev–Trinajstić information content (AvgIpc) is 3.44. The fourth-order valence-corrected chi connectivity index (χ4v) is 6.95. The maximum atomic E-state index is 14.2. The number of hydrogen-bond donors (Lipinski definition) is 1. The van der Waals surface area contributed by atoms with Crippen LogP contribution in [0.3, 0.4) is 0 Å². The molecule has 8 nitrogen and oxygen atoms in total. The van der Waals surface area contributed by atoms with Crippen molar-refractivity contribution in [2.45, 2.75) is 57.7 Å². The Hall–Kier alpha value is -2.56. The van der Waals surface area contributed by atoms with Crippen LogP contribution in [-0.2, 0) is 21.4 Å². The summed E-state index contributed by atoms with van der Waals surface area (Å²) in [6.07, 6.45) is 2.23. The molecule has 1 N–H and O–H groups in total. The second-order valence-corrected chi connectivity index (χ2v) is 13.0. The summed E-state index contributed by atoms with van der Waals surface area (Å²) in [7, 11) is 0. The van der Waals surface area contributed by atoms with Gasteiger partial charge in [-0.1, -0.05) is 37.6 Å². The molecule has 0 aliphatic carbocycles. The van der Waals surface area contributed by atoms with Gasteiger partial charge < -0.3 is 15.0 Å². The van der Waals surface area contributed by atoms with E-state index < -0.39 is 0 Å². The van der Waals surface area contributed by atoms with Crippen molar-refractivity contribution in [1.82, 2.24) is 24.5 Å². The zero-order valence-corrected chi connectivity index (χ0v) is 25.1. The Morgan fingerprint density at radius 1 is 1.22 bits per heavy atom. The number of imidazole rings is 1. The van der Waals surface area contributed by atoms with Gasteiger partial charge in [-0.3, -0.25) is 19.0 Å². The van der Waals surface area contributed by atoms with E-state index in [1.807, 2.05) is 9.30 Å². The van der Waals surface area contributed by atoms with Gasteiger partial charge in [-0.15, -0.1) is 0 Å². The van der Waals surface area contributed by atoms with Crippen LogP contribution in [0.4, 0.5) is 10.1 Å². The molecule has 220 valence electrons. The molecule has 3 atom stereocenters. The zero-order chi connectivity index (χ0) is 28.9. The van der Waals surface area contributed by atoms with E-state index in [1.165, 1.54) is 12.1 Å². The normalized spacial score (nSPS) is 25.1. The highest BCUT2D eigenvalue weighted by atomic mass is 35.5. The summed E-state index contributed by atoms with van der Waals surface area (Å²) < 4.78 is 21.2. The topological polar surface area (TPSA) is 65.4 Å². The van der Waals surface area contributed by atoms with Crippen molar-refractivity contribution in [3.8, 4) is 0 Å². The van der Waals surface area contributed by atoms with Crippen molar-refractivity contribution in [3.05, 3.63) is 64.3 Å². The number of halogens is 2. The number of carbonyl (C=O) groups excluding carboxylic acids is 1. The smallest absolute Gasteiger partial charge is 0.241 e. The number of morpholine rings is 1. The van der Waals surface area contributed by atoms with E-state index in [0.29, 0.717) is 36.7 Å².